The fourth-order valence-corrected chi connectivity index (χ4v) is 10.4. The van der Waals surface area contributed by atoms with Gasteiger partial charge < -0.3 is 9.32 Å². The van der Waals surface area contributed by atoms with E-state index >= 15 is 0 Å². The van der Waals surface area contributed by atoms with E-state index in [4.69, 9.17) is 39.8 Å². The summed E-state index contributed by atoms with van der Waals surface area (Å²) in [5, 5.41) is 1.03. The predicted octanol–water partition coefficient (Wildman–Crippen LogP) is 9.48. The summed E-state index contributed by atoms with van der Waals surface area (Å²) in [6, 6.07) is 7.98. The van der Waals surface area contributed by atoms with E-state index in [-0.39, 0.29) is 11.9 Å². The van der Waals surface area contributed by atoms with Crippen molar-refractivity contribution in [3.8, 4) is 11.3 Å². The molecule has 0 atom stereocenters. The minimum Gasteiger partial charge on any atom is -0.456 e. The van der Waals surface area contributed by atoms with Gasteiger partial charge in [0.1, 0.15) is 15.8 Å². The van der Waals surface area contributed by atoms with Crippen molar-refractivity contribution in [1.82, 2.24) is 9.80 Å². The van der Waals surface area contributed by atoms with Gasteiger partial charge in [-0.3, -0.25) is 9.69 Å². The van der Waals surface area contributed by atoms with Crippen molar-refractivity contribution in [2.75, 3.05) is 19.6 Å². The van der Waals surface area contributed by atoms with Gasteiger partial charge in [0, 0.05) is 17.7 Å². The fraction of sp³-hybridized carbons (Fsp3) is 0.588. The Morgan fingerprint density at radius 1 is 0.929 bits per heavy atom. The van der Waals surface area contributed by atoms with Crippen LogP contribution in [0.25, 0.3) is 17.4 Å². The first-order valence-corrected chi connectivity index (χ1v) is 18.0. The molecule has 3 heterocycles. The number of furan rings is 1. The van der Waals surface area contributed by atoms with Gasteiger partial charge in [-0.05, 0) is 137 Å². The van der Waals surface area contributed by atoms with Crippen LogP contribution in [0.3, 0.4) is 0 Å². The van der Waals surface area contributed by atoms with E-state index in [1.54, 1.807) is 6.07 Å². The first kappa shape index (κ1) is 29.4. The highest BCUT2D eigenvalue weighted by Crippen LogP contribution is 2.56. The van der Waals surface area contributed by atoms with Crippen LogP contribution in [0.5, 0.6) is 0 Å². The molecule has 0 N–H and O–H groups in total. The van der Waals surface area contributed by atoms with E-state index in [9.17, 15) is 4.79 Å². The number of piperidine rings is 1. The number of rotatable bonds is 9. The van der Waals surface area contributed by atoms with Crippen LogP contribution < -0.4 is 0 Å². The SMILES string of the molecule is O=C1/C(=C/c2oc(-c3ccc(Cl)c(Cl)c3)cc2CCCCCN2CCCCC2)SC(=S)N1C1C2CC3CC(C2)CC1C3. The Kier molecular flexibility index (Phi) is 8.82. The van der Waals surface area contributed by atoms with E-state index in [1.807, 2.05) is 23.1 Å². The molecule has 2 saturated heterocycles. The van der Waals surface area contributed by atoms with Crippen LogP contribution in [-0.4, -0.2) is 45.7 Å². The number of nitrogens with zero attached hydrogens (tertiary/aromatic N) is 2. The van der Waals surface area contributed by atoms with E-state index in [1.165, 1.54) is 95.6 Å². The molecule has 0 unspecified atom stereocenters. The summed E-state index contributed by atoms with van der Waals surface area (Å²) in [7, 11) is 0. The van der Waals surface area contributed by atoms with E-state index < -0.39 is 0 Å². The van der Waals surface area contributed by atoms with Crippen LogP contribution in [0, 0.1) is 23.7 Å². The zero-order valence-electron chi connectivity index (χ0n) is 24.2. The number of carbonyl (C=O) groups excluding carboxylic acids is 1. The average Bonchev–Trinajstić information content (AvgIpc) is 3.50. The van der Waals surface area contributed by atoms with Gasteiger partial charge in [0.15, 0.2) is 0 Å². The Balaban J connectivity index is 1.09. The third-order valence-electron chi connectivity index (χ3n) is 10.5. The molecule has 1 aromatic carbocycles. The zero-order valence-corrected chi connectivity index (χ0v) is 27.3. The normalized spacial score (nSPS) is 30.3. The van der Waals surface area contributed by atoms with Gasteiger partial charge in [-0.15, -0.1) is 0 Å². The quantitative estimate of drug-likeness (QED) is 0.155. The van der Waals surface area contributed by atoms with Gasteiger partial charge in [-0.2, -0.15) is 0 Å². The molecule has 0 spiro atoms. The summed E-state index contributed by atoms with van der Waals surface area (Å²) < 4.78 is 7.18. The van der Waals surface area contributed by atoms with Crippen LogP contribution in [0.15, 0.2) is 33.6 Å². The number of halogens is 2. The van der Waals surface area contributed by atoms with Gasteiger partial charge in [0.25, 0.3) is 5.91 Å². The van der Waals surface area contributed by atoms with Crippen LogP contribution in [0.4, 0.5) is 0 Å². The monoisotopic (exact) mass is 642 g/mol. The maximum absolute atomic E-state index is 13.9. The summed E-state index contributed by atoms with van der Waals surface area (Å²) in [6.45, 7) is 3.70. The smallest absolute Gasteiger partial charge is 0.266 e. The molecule has 42 heavy (non-hydrogen) atoms. The molecule has 8 rings (SSSR count). The molecule has 1 amide bonds. The molecule has 2 aromatic rings. The topological polar surface area (TPSA) is 36.7 Å². The summed E-state index contributed by atoms with van der Waals surface area (Å²) in [6.07, 6.45) is 16.9. The third kappa shape index (κ3) is 6.00. The second-order valence-electron chi connectivity index (χ2n) is 13.3. The first-order valence-electron chi connectivity index (χ1n) is 16.0. The largest absolute Gasteiger partial charge is 0.456 e. The number of carbonyl (C=O) groups is 1. The molecular weight excluding hydrogens is 603 g/mol. The predicted molar refractivity (Wildman–Crippen MR) is 178 cm³/mol. The van der Waals surface area contributed by atoms with Crippen molar-refractivity contribution < 1.29 is 9.21 Å². The Bertz CT molecular complexity index is 1350. The standard InChI is InChI=1S/C34H40Cl2N2O2S2/c35-27-9-8-24(18-28(27)36)29-19-23(7-3-1-4-10-37-11-5-2-6-12-37)30(40-29)20-31-33(39)38(34(41)42-31)32-25-14-21-13-22(16-25)17-26(32)15-21/h8-9,18-22,25-26,32H,1-7,10-17H2/b31-20-. The second-order valence-corrected chi connectivity index (χ2v) is 15.8. The number of thiocarbonyl (C=S) groups is 1. The highest BCUT2D eigenvalue weighted by Gasteiger charge is 2.53. The summed E-state index contributed by atoms with van der Waals surface area (Å²) in [4.78, 5) is 19.2. The van der Waals surface area contributed by atoms with Gasteiger partial charge in [-0.1, -0.05) is 60.0 Å². The van der Waals surface area contributed by atoms with Crippen molar-refractivity contribution in [1.29, 1.82) is 0 Å². The van der Waals surface area contributed by atoms with Gasteiger partial charge in [-0.25, -0.2) is 0 Å². The number of aryl methyl sites for hydroxylation is 1. The molecule has 6 aliphatic rings. The molecule has 4 aliphatic carbocycles. The lowest BCUT2D eigenvalue weighted by Gasteiger charge is -2.56. The van der Waals surface area contributed by atoms with Gasteiger partial charge in [0.05, 0.1) is 15.0 Å². The van der Waals surface area contributed by atoms with Crippen molar-refractivity contribution in [3.63, 3.8) is 0 Å². The first-order chi connectivity index (χ1) is 20.4. The highest BCUT2D eigenvalue weighted by molar-refractivity contribution is 8.26. The van der Waals surface area contributed by atoms with Crippen molar-refractivity contribution in [2.45, 2.75) is 83.1 Å². The van der Waals surface area contributed by atoms with E-state index in [0.717, 1.165) is 51.6 Å². The molecular formula is C34H40Cl2N2O2S2. The van der Waals surface area contributed by atoms with Crippen LogP contribution >= 0.6 is 47.2 Å². The Hall–Kier alpha value is -1.31. The number of benzene rings is 1. The number of thioether (sulfide) groups is 1. The minimum atomic E-state index is 0.0717. The number of likely N-dealkylation sites (tertiary alicyclic amines) is 1. The minimum absolute atomic E-state index is 0.0717. The summed E-state index contributed by atoms with van der Waals surface area (Å²) in [5.74, 6) is 4.52. The number of amides is 1. The van der Waals surface area contributed by atoms with Crippen molar-refractivity contribution >= 4 is 63.5 Å². The number of hydrogen-bond acceptors (Lipinski definition) is 5. The lowest BCUT2D eigenvalue weighted by Crippen LogP contribution is -2.57. The summed E-state index contributed by atoms with van der Waals surface area (Å²) >= 11 is 19.9. The molecule has 4 saturated carbocycles. The number of hydrogen-bond donors (Lipinski definition) is 0. The van der Waals surface area contributed by atoms with Crippen molar-refractivity contribution in [2.24, 2.45) is 23.7 Å². The Labute approximate surface area is 269 Å². The summed E-state index contributed by atoms with van der Waals surface area (Å²) in [5.41, 5.74) is 2.02. The maximum Gasteiger partial charge on any atom is 0.266 e. The lowest BCUT2D eigenvalue weighted by atomic mass is 9.54. The molecule has 224 valence electrons. The van der Waals surface area contributed by atoms with Crippen LogP contribution in [0.1, 0.15) is 82.0 Å². The Morgan fingerprint density at radius 2 is 1.67 bits per heavy atom. The van der Waals surface area contributed by atoms with Gasteiger partial charge >= 0.3 is 0 Å². The molecule has 0 radical (unpaired) electrons. The second kappa shape index (κ2) is 12.6. The fourth-order valence-electron chi connectivity index (χ4n) is 8.74. The maximum atomic E-state index is 13.9. The van der Waals surface area contributed by atoms with Crippen LogP contribution in [0.2, 0.25) is 10.0 Å². The van der Waals surface area contributed by atoms with E-state index in [2.05, 4.69) is 11.0 Å². The zero-order chi connectivity index (χ0) is 28.8. The van der Waals surface area contributed by atoms with Crippen molar-refractivity contribution in [3.05, 3.63) is 50.5 Å². The lowest BCUT2D eigenvalue weighted by molar-refractivity contribution is -0.130. The Morgan fingerprint density at radius 3 is 2.38 bits per heavy atom. The highest BCUT2D eigenvalue weighted by atomic mass is 35.5. The molecule has 4 nitrogen and oxygen atoms in total. The average molecular weight is 644 g/mol. The third-order valence-corrected chi connectivity index (χ3v) is 12.5. The molecule has 8 heteroatoms. The number of unbranched alkanes of at least 4 members (excludes halogenated alkanes) is 2. The van der Waals surface area contributed by atoms with E-state index in [0.29, 0.717) is 26.8 Å². The molecule has 1 aromatic heterocycles. The molecule has 6 fully saturated rings. The molecule has 2 aliphatic heterocycles. The van der Waals surface area contributed by atoms with Crippen LogP contribution in [-0.2, 0) is 11.2 Å². The van der Waals surface area contributed by atoms with Gasteiger partial charge in [0.2, 0.25) is 0 Å². The molecule has 4 bridgehead atoms.